The summed E-state index contributed by atoms with van der Waals surface area (Å²) in [6.07, 6.45) is 6.13. The highest BCUT2D eigenvalue weighted by atomic mass is 16.2. The summed E-state index contributed by atoms with van der Waals surface area (Å²) in [6, 6.07) is 10.3. The molecule has 0 unspecified atom stereocenters. The van der Waals surface area contributed by atoms with Crippen LogP contribution in [0.1, 0.15) is 29.0 Å². The van der Waals surface area contributed by atoms with Crippen molar-refractivity contribution in [2.45, 2.75) is 25.4 Å². The summed E-state index contributed by atoms with van der Waals surface area (Å²) >= 11 is 0. The average molecular weight is 324 g/mol. The number of carbonyl (C=O) groups is 1. The van der Waals surface area contributed by atoms with E-state index in [1.807, 2.05) is 48.3 Å². The van der Waals surface area contributed by atoms with Gasteiger partial charge in [0, 0.05) is 51.7 Å². The second-order valence-electron chi connectivity index (χ2n) is 7.07. The van der Waals surface area contributed by atoms with Gasteiger partial charge in [0.1, 0.15) is 5.69 Å². The van der Waals surface area contributed by atoms with Crippen molar-refractivity contribution in [3.63, 3.8) is 0 Å². The zero-order chi connectivity index (χ0) is 16.5. The fourth-order valence-electron chi connectivity index (χ4n) is 4.11. The van der Waals surface area contributed by atoms with E-state index < -0.39 is 0 Å². The van der Waals surface area contributed by atoms with Crippen molar-refractivity contribution in [3.8, 4) is 0 Å². The molecule has 3 saturated heterocycles. The van der Waals surface area contributed by atoms with E-state index in [-0.39, 0.29) is 5.91 Å². The largest absolute Gasteiger partial charge is 0.347 e. The van der Waals surface area contributed by atoms with E-state index in [4.69, 9.17) is 0 Å². The number of nitrogens with zero attached hydrogens (tertiary/aromatic N) is 4. The van der Waals surface area contributed by atoms with Gasteiger partial charge < -0.3 is 9.47 Å². The van der Waals surface area contributed by atoms with Crippen LogP contribution in [0.25, 0.3) is 0 Å². The Balaban J connectivity index is 1.51. The molecule has 3 fully saturated rings. The molecule has 5 rings (SSSR count). The first-order chi connectivity index (χ1) is 11.7. The van der Waals surface area contributed by atoms with Crippen molar-refractivity contribution in [2.24, 2.45) is 13.0 Å². The van der Waals surface area contributed by atoms with Crippen LogP contribution in [0.2, 0.25) is 0 Å². The lowest BCUT2D eigenvalue weighted by Crippen LogP contribution is -2.47. The minimum absolute atomic E-state index is 0.178. The van der Waals surface area contributed by atoms with Gasteiger partial charge in [-0.05, 0) is 43.0 Å². The maximum Gasteiger partial charge on any atom is 0.270 e. The van der Waals surface area contributed by atoms with Crippen LogP contribution in [0, 0.1) is 5.92 Å². The smallest absolute Gasteiger partial charge is 0.270 e. The zero-order valence-electron chi connectivity index (χ0n) is 14.1. The number of amides is 1. The average Bonchev–Trinajstić information content (AvgIpc) is 2.83. The third-order valence-corrected chi connectivity index (χ3v) is 5.32. The van der Waals surface area contributed by atoms with Gasteiger partial charge in [-0.3, -0.25) is 14.7 Å². The number of fused-ring (bicyclic) bond motifs is 4. The van der Waals surface area contributed by atoms with E-state index in [1.165, 1.54) is 6.42 Å². The van der Waals surface area contributed by atoms with Crippen molar-refractivity contribution in [3.05, 3.63) is 54.1 Å². The van der Waals surface area contributed by atoms with Crippen molar-refractivity contribution >= 4 is 5.91 Å². The Hall–Kier alpha value is -2.14. The minimum Gasteiger partial charge on any atom is -0.347 e. The highest BCUT2D eigenvalue weighted by molar-refractivity contribution is 5.93. The zero-order valence-corrected chi connectivity index (χ0v) is 14.1. The predicted octanol–water partition coefficient (Wildman–Crippen LogP) is 2.16. The molecule has 0 aromatic carbocycles. The maximum atomic E-state index is 13.0. The van der Waals surface area contributed by atoms with Gasteiger partial charge in [-0.25, -0.2) is 0 Å². The SMILES string of the molecule is Cn1cccc1C(=O)N1C[C@@H]2CC[C@H]1CN(Cc1ccccn1)C2. The molecule has 2 aromatic heterocycles. The summed E-state index contributed by atoms with van der Waals surface area (Å²) in [7, 11) is 1.94. The molecule has 0 N–H and O–H groups in total. The highest BCUT2D eigenvalue weighted by Gasteiger charge is 2.37. The van der Waals surface area contributed by atoms with Gasteiger partial charge in [-0.2, -0.15) is 0 Å². The molecule has 0 saturated carbocycles. The standard InChI is InChI=1S/C19H24N4O/c1-21-10-4-6-18(21)19(24)23-12-15-7-8-17(23)14-22(11-15)13-16-5-2-3-9-20-16/h2-6,9-10,15,17H,7-8,11-14H2,1H3/t15-,17+/m1/s1. The third-order valence-electron chi connectivity index (χ3n) is 5.32. The van der Waals surface area contributed by atoms with E-state index in [2.05, 4.69) is 20.9 Å². The molecule has 126 valence electrons. The van der Waals surface area contributed by atoms with Crippen molar-refractivity contribution < 1.29 is 4.79 Å². The first-order valence-corrected chi connectivity index (χ1v) is 8.75. The monoisotopic (exact) mass is 324 g/mol. The Morgan fingerprint density at radius 3 is 2.83 bits per heavy atom. The summed E-state index contributed by atoms with van der Waals surface area (Å²) in [4.78, 5) is 22.0. The molecule has 2 bridgehead atoms. The van der Waals surface area contributed by atoms with Crippen LogP contribution in [0.3, 0.4) is 0 Å². The summed E-state index contributed by atoms with van der Waals surface area (Å²) in [5.41, 5.74) is 1.90. The molecule has 1 amide bonds. The van der Waals surface area contributed by atoms with Crippen molar-refractivity contribution in [1.29, 1.82) is 0 Å². The lowest BCUT2D eigenvalue weighted by atomic mass is 9.94. The molecule has 0 spiro atoms. The van der Waals surface area contributed by atoms with Crippen molar-refractivity contribution in [1.82, 2.24) is 19.4 Å². The summed E-state index contributed by atoms with van der Waals surface area (Å²) < 4.78 is 1.92. The normalized spacial score (nSPS) is 24.1. The Morgan fingerprint density at radius 1 is 1.17 bits per heavy atom. The van der Waals surface area contributed by atoms with Crippen LogP contribution < -0.4 is 0 Å². The van der Waals surface area contributed by atoms with Crippen LogP contribution in [0.4, 0.5) is 0 Å². The second kappa shape index (κ2) is 6.40. The van der Waals surface area contributed by atoms with Crippen LogP contribution in [0.5, 0.6) is 0 Å². The van der Waals surface area contributed by atoms with Crippen LogP contribution in [0.15, 0.2) is 42.7 Å². The number of hydrogen-bond acceptors (Lipinski definition) is 3. The third kappa shape index (κ3) is 2.96. The van der Waals surface area contributed by atoms with Crippen LogP contribution in [-0.4, -0.2) is 50.9 Å². The molecule has 0 radical (unpaired) electrons. The number of rotatable bonds is 3. The van der Waals surface area contributed by atoms with Gasteiger partial charge >= 0.3 is 0 Å². The fourth-order valence-corrected chi connectivity index (χ4v) is 4.11. The van der Waals surface area contributed by atoms with Gasteiger partial charge in [0.25, 0.3) is 5.91 Å². The van der Waals surface area contributed by atoms with Gasteiger partial charge in [0.15, 0.2) is 0 Å². The lowest BCUT2D eigenvalue weighted by Gasteiger charge is -2.36. The Kier molecular flexibility index (Phi) is 4.10. The number of aryl methyl sites for hydroxylation is 1. The molecule has 24 heavy (non-hydrogen) atoms. The number of piperidine rings is 1. The first-order valence-electron chi connectivity index (χ1n) is 8.75. The van der Waals surface area contributed by atoms with Crippen LogP contribution in [-0.2, 0) is 13.6 Å². The van der Waals surface area contributed by atoms with E-state index in [1.54, 1.807) is 0 Å². The Bertz CT molecular complexity index is 711. The molecule has 2 aromatic rings. The molecular weight excluding hydrogens is 300 g/mol. The van der Waals surface area contributed by atoms with E-state index >= 15 is 0 Å². The maximum absolute atomic E-state index is 13.0. The molecule has 3 aliphatic heterocycles. The summed E-state index contributed by atoms with van der Waals surface area (Å²) in [6.45, 7) is 3.76. The van der Waals surface area contributed by atoms with Crippen molar-refractivity contribution in [2.75, 3.05) is 19.6 Å². The van der Waals surface area contributed by atoms with Gasteiger partial charge in [-0.15, -0.1) is 0 Å². The topological polar surface area (TPSA) is 41.4 Å². The summed E-state index contributed by atoms with van der Waals surface area (Å²) in [5.74, 6) is 0.744. The summed E-state index contributed by atoms with van der Waals surface area (Å²) in [5, 5.41) is 0. The minimum atomic E-state index is 0.178. The quantitative estimate of drug-likeness (QED) is 0.869. The number of hydrogen-bond donors (Lipinski definition) is 0. The number of pyridine rings is 1. The highest BCUT2D eigenvalue weighted by Crippen LogP contribution is 2.29. The molecule has 0 aliphatic carbocycles. The molecule has 5 nitrogen and oxygen atoms in total. The molecule has 3 aliphatic rings. The Labute approximate surface area is 142 Å². The van der Waals surface area contributed by atoms with Gasteiger partial charge in [-0.1, -0.05) is 6.07 Å². The van der Waals surface area contributed by atoms with Gasteiger partial charge in [0.05, 0.1) is 5.69 Å². The van der Waals surface area contributed by atoms with E-state index in [0.717, 1.165) is 44.0 Å². The van der Waals surface area contributed by atoms with Gasteiger partial charge in [0.2, 0.25) is 0 Å². The molecule has 2 atom stereocenters. The predicted molar refractivity (Wildman–Crippen MR) is 92.5 cm³/mol. The molecule has 5 heteroatoms. The second-order valence-corrected chi connectivity index (χ2v) is 7.07. The first kappa shape index (κ1) is 15.4. The van der Waals surface area contributed by atoms with Crippen LogP contribution >= 0.6 is 0 Å². The number of carbonyl (C=O) groups excluding carboxylic acids is 1. The lowest BCUT2D eigenvalue weighted by molar-refractivity contribution is 0.0575. The molecular formula is C19H24N4O. The molecule has 5 heterocycles. The van der Waals surface area contributed by atoms with E-state index in [0.29, 0.717) is 12.0 Å². The number of aromatic nitrogens is 2. The fraction of sp³-hybridized carbons (Fsp3) is 0.474. The van der Waals surface area contributed by atoms with E-state index in [9.17, 15) is 4.79 Å². The Morgan fingerprint density at radius 2 is 2.08 bits per heavy atom.